The zero-order valence-electron chi connectivity index (χ0n) is 17.6. The molecule has 1 atom stereocenters. The van der Waals surface area contributed by atoms with Gasteiger partial charge in [-0.15, -0.1) is 17.9 Å². The molecule has 1 aliphatic carbocycles. The van der Waals surface area contributed by atoms with Crippen LogP contribution in [0.15, 0.2) is 46.9 Å². The van der Waals surface area contributed by atoms with Crippen molar-refractivity contribution in [1.82, 2.24) is 9.55 Å². The van der Waals surface area contributed by atoms with E-state index in [1.54, 1.807) is 27.7 Å². The van der Waals surface area contributed by atoms with Gasteiger partial charge in [-0.3, -0.25) is 9.36 Å². The Morgan fingerprint density at radius 1 is 1.38 bits per heavy atom. The fraction of sp³-hybridized carbons (Fsp3) is 0.417. The quantitative estimate of drug-likeness (QED) is 0.285. The molecule has 0 radical (unpaired) electrons. The SMILES string of the molecule is C=CCSc1nc2sc3c(c2c(=O)n1-c1cccc(C)c1)CCC(C(C)(C)C)C3. The van der Waals surface area contributed by atoms with Gasteiger partial charge < -0.3 is 0 Å². The monoisotopic (exact) mass is 424 g/mol. The smallest absolute Gasteiger partial charge is 0.267 e. The van der Waals surface area contributed by atoms with Gasteiger partial charge in [-0.1, -0.05) is 50.7 Å². The summed E-state index contributed by atoms with van der Waals surface area (Å²) in [6.07, 6.45) is 5.02. The number of thiophene rings is 1. The summed E-state index contributed by atoms with van der Waals surface area (Å²) in [4.78, 5) is 20.9. The number of fused-ring (bicyclic) bond motifs is 3. The highest BCUT2D eigenvalue weighted by Gasteiger charge is 2.32. The van der Waals surface area contributed by atoms with Gasteiger partial charge in [0.1, 0.15) is 4.83 Å². The minimum Gasteiger partial charge on any atom is -0.268 e. The third kappa shape index (κ3) is 3.82. The van der Waals surface area contributed by atoms with E-state index in [0.29, 0.717) is 5.92 Å². The lowest BCUT2D eigenvalue weighted by molar-refractivity contribution is 0.218. The van der Waals surface area contributed by atoms with Crippen molar-refractivity contribution in [3.63, 3.8) is 0 Å². The van der Waals surface area contributed by atoms with Crippen LogP contribution in [0.4, 0.5) is 0 Å². The molecular weight excluding hydrogens is 396 g/mol. The standard InChI is InChI=1S/C24H28N2OS2/c1-6-12-28-23-25-21-20(22(27)26(23)17-9-7-8-15(2)13-17)18-11-10-16(24(3,4)5)14-19(18)29-21/h6-9,13,16H,1,10-12,14H2,2-5H3. The second kappa shape index (κ2) is 7.77. The molecule has 3 aromatic rings. The van der Waals surface area contributed by atoms with E-state index in [1.165, 1.54) is 10.4 Å². The lowest BCUT2D eigenvalue weighted by atomic mass is 9.72. The van der Waals surface area contributed by atoms with Crippen molar-refractivity contribution >= 4 is 33.3 Å². The van der Waals surface area contributed by atoms with Crippen molar-refractivity contribution in [2.24, 2.45) is 11.3 Å². The zero-order valence-corrected chi connectivity index (χ0v) is 19.3. The first kappa shape index (κ1) is 20.4. The molecule has 1 aromatic carbocycles. The first-order chi connectivity index (χ1) is 13.8. The predicted molar refractivity (Wildman–Crippen MR) is 126 cm³/mol. The summed E-state index contributed by atoms with van der Waals surface area (Å²) in [5, 5.41) is 1.58. The summed E-state index contributed by atoms with van der Waals surface area (Å²) in [5.74, 6) is 1.37. The molecule has 0 saturated carbocycles. The van der Waals surface area contributed by atoms with Crippen LogP contribution in [0.2, 0.25) is 0 Å². The van der Waals surface area contributed by atoms with Crippen LogP contribution in [0, 0.1) is 18.3 Å². The van der Waals surface area contributed by atoms with Crippen molar-refractivity contribution in [2.45, 2.75) is 52.1 Å². The number of benzene rings is 1. The van der Waals surface area contributed by atoms with E-state index in [4.69, 9.17) is 4.98 Å². The lowest BCUT2D eigenvalue weighted by Crippen LogP contribution is -2.27. The number of hydrogen-bond donors (Lipinski definition) is 0. The van der Waals surface area contributed by atoms with Crippen LogP contribution < -0.4 is 5.56 Å². The molecule has 1 aliphatic rings. The molecule has 2 aromatic heterocycles. The summed E-state index contributed by atoms with van der Waals surface area (Å²) in [7, 11) is 0. The molecule has 3 nitrogen and oxygen atoms in total. The van der Waals surface area contributed by atoms with E-state index in [1.807, 2.05) is 18.2 Å². The number of thioether (sulfide) groups is 1. The molecule has 0 N–H and O–H groups in total. The van der Waals surface area contributed by atoms with Crippen molar-refractivity contribution in [1.29, 1.82) is 0 Å². The fourth-order valence-electron chi connectivity index (χ4n) is 4.17. The summed E-state index contributed by atoms with van der Waals surface area (Å²) >= 11 is 3.29. The Morgan fingerprint density at radius 2 is 2.17 bits per heavy atom. The molecule has 0 amide bonds. The van der Waals surface area contributed by atoms with Crippen LogP contribution in [-0.4, -0.2) is 15.3 Å². The first-order valence-corrected chi connectivity index (χ1v) is 12.0. The van der Waals surface area contributed by atoms with Crippen molar-refractivity contribution in [2.75, 3.05) is 5.75 Å². The van der Waals surface area contributed by atoms with Crippen LogP contribution in [-0.2, 0) is 12.8 Å². The van der Waals surface area contributed by atoms with Crippen molar-refractivity contribution in [3.05, 3.63) is 63.3 Å². The largest absolute Gasteiger partial charge is 0.268 e. The van der Waals surface area contributed by atoms with Crippen LogP contribution in [0.5, 0.6) is 0 Å². The molecule has 152 valence electrons. The highest BCUT2D eigenvalue weighted by molar-refractivity contribution is 7.99. The average molecular weight is 425 g/mol. The topological polar surface area (TPSA) is 34.9 Å². The highest BCUT2D eigenvalue weighted by Crippen LogP contribution is 2.42. The van der Waals surface area contributed by atoms with Gasteiger partial charge in [0.25, 0.3) is 5.56 Å². The van der Waals surface area contributed by atoms with E-state index in [-0.39, 0.29) is 11.0 Å². The summed E-state index contributed by atoms with van der Waals surface area (Å²) in [5.41, 5.74) is 3.62. The molecular formula is C24H28N2OS2. The Morgan fingerprint density at radius 3 is 2.86 bits per heavy atom. The Balaban J connectivity index is 1.92. The van der Waals surface area contributed by atoms with Crippen molar-refractivity contribution in [3.8, 4) is 5.69 Å². The molecule has 1 unspecified atom stereocenters. The minimum atomic E-state index is 0.0684. The predicted octanol–water partition coefficient (Wildman–Crippen LogP) is 6.18. The third-order valence-electron chi connectivity index (χ3n) is 5.87. The maximum Gasteiger partial charge on any atom is 0.267 e. The maximum absolute atomic E-state index is 13.7. The van der Waals surface area contributed by atoms with Gasteiger partial charge in [-0.2, -0.15) is 0 Å². The van der Waals surface area contributed by atoms with E-state index < -0.39 is 0 Å². The van der Waals surface area contributed by atoms with Crippen molar-refractivity contribution < 1.29 is 0 Å². The molecule has 0 saturated heterocycles. The average Bonchev–Trinajstić information content (AvgIpc) is 3.03. The van der Waals surface area contributed by atoms with Crippen LogP contribution in [0.25, 0.3) is 15.9 Å². The van der Waals surface area contributed by atoms with Gasteiger partial charge >= 0.3 is 0 Å². The molecule has 5 heteroatoms. The minimum absolute atomic E-state index is 0.0684. The Bertz CT molecular complexity index is 1130. The Labute approximate surface area is 180 Å². The molecule has 0 spiro atoms. The van der Waals surface area contributed by atoms with Gasteiger partial charge in [0.2, 0.25) is 0 Å². The summed E-state index contributed by atoms with van der Waals surface area (Å²) in [6, 6.07) is 8.10. The molecule has 0 bridgehead atoms. The number of rotatable bonds is 4. The fourth-order valence-corrected chi connectivity index (χ4v) is 6.26. The summed E-state index contributed by atoms with van der Waals surface area (Å²) < 4.78 is 1.80. The lowest BCUT2D eigenvalue weighted by Gasteiger charge is -2.33. The van der Waals surface area contributed by atoms with E-state index in [2.05, 4.69) is 46.4 Å². The summed E-state index contributed by atoms with van der Waals surface area (Å²) in [6.45, 7) is 12.8. The first-order valence-electron chi connectivity index (χ1n) is 10.2. The van der Waals surface area contributed by atoms with E-state index in [9.17, 15) is 4.79 Å². The van der Waals surface area contributed by atoms with E-state index >= 15 is 0 Å². The van der Waals surface area contributed by atoms with Gasteiger partial charge in [-0.05, 0) is 60.8 Å². The van der Waals surface area contributed by atoms with Gasteiger partial charge in [0.15, 0.2) is 5.16 Å². The van der Waals surface area contributed by atoms with Gasteiger partial charge in [0, 0.05) is 10.6 Å². The molecule has 0 fully saturated rings. The zero-order chi connectivity index (χ0) is 20.8. The number of aryl methyl sites for hydroxylation is 2. The normalized spacial score (nSPS) is 16.8. The molecule has 2 heterocycles. The van der Waals surface area contributed by atoms with Crippen LogP contribution in [0.3, 0.4) is 0 Å². The van der Waals surface area contributed by atoms with Gasteiger partial charge in [0.05, 0.1) is 11.1 Å². The number of hydrogen-bond acceptors (Lipinski definition) is 4. The molecule has 0 aliphatic heterocycles. The second-order valence-corrected chi connectivity index (χ2v) is 11.0. The molecule has 29 heavy (non-hydrogen) atoms. The second-order valence-electron chi connectivity index (χ2n) is 8.96. The highest BCUT2D eigenvalue weighted by atomic mass is 32.2. The number of aromatic nitrogens is 2. The van der Waals surface area contributed by atoms with Gasteiger partial charge in [-0.25, -0.2) is 4.98 Å². The Hall–Kier alpha value is -1.85. The third-order valence-corrected chi connectivity index (χ3v) is 7.95. The van der Waals surface area contributed by atoms with Crippen LogP contribution >= 0.6 is 23.1 Å². The van der Waals surface area contributed by atoms with Crippen LogP contribution in [0.1, 0.15) is 43.2 Å². The molecule has 4 rings (SSSR count). The maximum atomic E-state index is 13.7. The van der Waals surface area contributed by atoms with E-state index in [0.717, 1.165) is 51.6 Å². The number of nitrogens with zero attached hydrogens (tertiary/aromatic N) is 2. The Kier molecular flexibility index (Phi) is 5.47.